The van der Waals surface area contributed by atoms with Crippen LogP contribution in [0.3, 0.4) is 0 Å². The largest absolute Gasteiger partial charge is 0.374 e. The van der Waals surface area contributed by atoms with E-state index in [2.05, 4.69) is 6.92 Å². The summed E-state index contributed by atoms with van der Waals surface area (Å²) in [5.41, 5.74) is 3.56. The Balaban J connectivity index is 1.38. The fourth-order valence-electron chi connectivity index (χ4n) is 5.54. The van der Waals surface area contributed by atoms with Crippen molar-refractivity contribution in [3.05, 3.63) is 95.3 Å². The highest BCUT2D eigenvalue weighted by Crippen LogP contribution is 2.34. The van der Waals surface area contributed by atoms with Crippen molar-refractivity contribution < 1.29 is 17.9 Å². The topological polar surface area (TPSA) is 9.23 Å². The second-order valence-electron chi connectivity index (χ2n) is 10.8. The number of unbranched alkanes of at least 4 members (excludes halogenated alkanes) is 6. The van der Waals surface area contributed by atoms with E-state index in [0.717, 1.165) is 43.2 Å². The van der Waals surface area contributed by atoms with E-state index in [1.165, 1.54) is 25.7 Å². The van der Waals surface area contributed by atoms with Crippen LogP contribution in [-0.2, 0) is 11.2 Å². The molecule has 0 bridgehead atoms. The Hall–Kier alpha value is -2.85. The van der Waals surface area contributed by atoms with E-state index in [0.29, 0.717) is 29.7 Å². The smallest absolute Gasteiger partial charge is 0.166 e. The first-order chi connectivity index (χ1) is 19.0. The molecule has 39 heavy (non-hydrogen) atoms. The SMILES string of the molecule is C/C=C/C1CCC(c2ccc(-c3ccc(-c4ccc(CCCCCCCCC)c(F)c4F)cc3)cc2F)CO1. The van der Waals surface area contributed by atoms with Crippen LogP contribution in [0.2, 0.25) is 0 Å². The van der Waals surface area contributed by atoms with Gasteiger partial charge in [0.05, 0.1) is 12.7 Å². The van der Waals surface area contributed by atoms with Gasteiger partial charge in [-0.1, -0.05) is 106 Å². The first-order valence-electron chi connectivity index (χ1n) is 14.6. The van der Waals surface area contributed by atoms with Crippen molar-refractivity contribution in [2.24, 2.45) is 0 Å². The Morgan fingerprint density at radius 1 is 0.769 bits per heavy atom. The maximum atomic E-state index is 15.1. The molecule has 2 atom stereocenters. The van der Waals surface area contributed by atoms with Gasteiger partial charge < -0.3 is 4.74 Å². The molecular formula is C35H41F3O. The van der Waals surface area contributed by atoms with Crippen molar-refractivity contribution in [2.45, 2.75) is 90.1 Å². The number of benzene rings is 3. The fourth-order valence-corrected chi connectivity index (χ4v) is 5.54. The van der Waals surface area contributed by atoms with Crippen LogP contribution in [0.15, 0.2) is 66.7 Å². The van der Waals surface area contributed by atoms with Gasteiger partial charge in [0.15, 0.2) is 11.6 Å². The number of aryl methyl sites for hydroxylation is 1. The standard InChI is InChI=1S/C35H41F3O/c1-3-5-6-7-8-9-10-12-27-18-22-32(35(38)34(27)37)26-15-13-25(14-16-26)28-19-21-31(33(36)23-28)29-17-20-30(11-4-2)39-24-29/h4,11,13-16,18-19,21-23,29-30H,3,5-10,12,17,20,24H2,1-2H3/b11-4+. The number of rotatable bonds is 12. The van der Waals surface area contributed by atoms with Gasteiger partial charge in [-0.2, -0.15) is 0 Å². The molecule has 1 heterocycles. The summed E-state index contributed by atoms with van der Waals surface area (Å²) >= 11 is 0. The number of halogens is 3. The van der Waals surface area contributed by atoms with Gasteiger partial charge in [-0.3, -0.25) is 0 Å². The normalized spacial score (nSPS) is 17.7. The Bertz CT molecular complexity index is 1220. The average molecular weight is 535 g/mol. The third-order valence-electron chi connectivity index (χ3n) is 7.90. The molecule has 0 saturated carbocycles. The minimum atomic E-state index is -0.801. The molecule has 1 aliphatic heterocycles. The maximum Gasteiger partial charge on any atom is 0.166 e. The number of hydrogen-bond acceptors (Lipinski definition) is 1. The summed E-state index contributed by atoms with van der Waals surface area (Å²) in [7, 11) is 0. The highest BCUT2D eigenvalue weighted by molar-refractivity contribution is 5.71. The van der Waals surface area contributed by atoms with E-state index in [-0.39, 0.29) is 23.4 Å². The Morgan fingerprint density at radius 2 is 1.46 bits per heavy atom. The first kappa shape index (κ1) is 29.1. The van der Waals surface area contributed by atoms with Gasteiger partial charge in [-0.15, -0.1) is 0 Å². The van der Waals surface area contributed by atoms with Gasteiger partial charge in [-0.25, -0.2) is 13.2 Å². The van der Waals surface area contributed by atoms with Crippen molar-refractivity contribution in [3.8, 4) is 22.3 Å². The monoisotopic (exact) mass is 534 g/mol. The van der Waals surface area contributed by atoms with Crippen LogP contribution in [0.25, 0.3) is 22.3 Å². The fraction of sp³-hybridized carbons (Fsp3) is 0.429. The molecule has 3 aromatic carbocycles. The summed E-state index contributed by atoms with van der Waals surface area (Å²) in [5.74, 6) is -1.73. The zero-order valence-corrected chi connectivity index (χ0v) is 23.3. The van der Waals surface area contributed by atoms with Crippen LogP contribution in [0.5, 0.6) is 0 Å². The van der Waals surface area contributed by atoms with Gasteiger partial charge in [0, 0.05) is 11.5 Å². The molecule has 0 radical (unpaired) electrons. The van der Waals surface area contributed by atoms with E-state index < -0.39 is 11.6 Å². The van der Waals surface area contributed by atoms with Crippen molar-refractivity contribution >= 4 is 0 Å². The van der Waals surface area contributed by atoms with Crippen LogP contribution in [0.4, 0.5) is 13.2 Å². The molecule has 208 valence electrons. The molecule has 0 aromatic heterocycles. The summed E-state index contributed by atoms with van der Waals surface area (Å²) in [5, 5.41) is 0. The molecule has 4 heteroatoms. The predicted molar refractivity (Wildman–Crippen MR) is 155 cm³/mol. The zero-order valence-electron chi connectivity index (χ0n) is 23.3. The lowest BCUT2D eigenvalue weighted by atomic mass is 9.89. The Kier molecular flexibility index (Phi) is 10.8. The van der Waals surface area contributed by atoms with E-state index >= 15 is 4.39 Å². The van der Waals surface area contributed by atoms with Crippen molar-refractivity contribution in [1.82, 2.24) is 0 Å². The second kappa shape index (κ2) is 14.5. The van der Waals surface area contributed by atoms with Gasteiger partial charge in [0.1, 0.15) is 5.82 Å². The van der Waals surface area contributed by atoms with Gasteiger partial charge >= 0.3 is 0 Å². The lowest BCUT2D eigenvalue weighted by molar-refractivity contribution is 0.0319. The summed E-state index contributed by atoms with van der Waals surface area (Å²) in [6.07, 6.45) is 14.5. The lowest BCUT2D eigenvalue weighted by Gasteiger charge is -2.28. The van der Waals surface area contributed by atoms with Crippen molar-refractivity contribution in [3.63, 3.8) is 0 Å². The highest BCUT2D eigenvalue weighted by atomic mass is 19.2. The van der Waals surface area contributed by atoms with Gasteiger partial charge in [-0.05, 0) is 66.5 Å². The number of allylic oxidation sites excluding steroid dienone is 1. The molecule has 0 N–H and O–H groups in total. The molecule has 1 aliphatic rings. The molecule has 0 spiro atoms. The third kappa shape index (κ3) is 7.63. The molecule has 3 aromatic rings. The van der Waals surface area contributed by atoms with Gasteiger partial charge in [0.25, 0.3) is 0 Å². The molecule has 1 saturated heterocycles. The second-order valence-corrected chi connectivity index (χ2v) is 10.8. The Labute approximate surface area is 232 Å². The van der Waals surface area contributed by atoms with Crippen LogP contribution in [0, 0.1) is 17.5 Å². The molecule has 4 rings (SSSR count). The molecule has 1 fully saturated rings. The molecule has 0 amide bonds. The van der Waals surface area contributed by atoms with Crippen LogP contribution >= 0.6 is 0 Å². The predicted octanol–water partition coefficient (Wildman–Crippen LogP) is 10.6. The van der Waals surface area contributed by atoms with Crippen molar-refractivity contribution in [2.75, 3.05) is 6.61 Å². The minimum Gasteiger partial charge on any atom is -0.374 e. The van der Waals surface area contributed by atoms with Crippen LogP contribution in [0.1, 0.15) is 88.7 Å². The van der Waals surface area contributed by atoms with Gasteiger partial charge in [0.2, 0.25) is 0 Å². The van der Waals surface area contributed by atoms with Crippen LogP contribution in [-0.4, -0.2) is 12.7 Å². The molecule has 2 unspecified atom stereocenters. The summed E-state index contributed by atoms with van der Waals surface area (Å²) in [6.45, 7) is 4.69. The Morgan fingerprint density at radius 3 is 2.13 bits per heavy atom. The minimum absolute atomic E-state index is 0.0505. The average Bonchev–Trinajstić information content (AvgIpc) is 2.95. The summed E-state index contributed by atoms with van der Waals surface area (Å²) in [6, 6.07) is 15.9. The first-order valence-corrected chi connectivity index (χ1v) is 14.6. The molecule has 0 aliphatic carbocycles. The van der Waals surface area contributed by atoms with E-state index in [9.17, 15) is 8.78 Å². The molecular weight excluding hydrogens is 493 g/mol. The number of hydrogen-bond donors (Lipinski definition) is 0. The highest BCUT2D eigenvalue weighted by Gasteiger charge is 2.24. The zero-order chi connectivity index (χ0) is 27.6. The van der Waals surface area contributed by atoms with Crippen LogP contribution < -0.4 is 0 Å². The number of ether oxygens (including phenoxy) is 1. The summed E-state index contributed by atoms with van der Waals surface area (Å²) in [4.78, 5) is 0. The van der Waals surface area contributed by atoms with E-state index in [1.807, 2.05) is 43.3 Å². The third-order valence-corrected chi connectivity index (χ3v) is 7.90. The van der Waals surface area contributed by atoms with E-state index in [1.54, 1.807) is 30.3 Å². The lowest BCUT2D eigenvalue weighted by Crippen LogP contribution is -2.23. The van der Waals surface area contributed by atoms with Crippen molar-refractivity contribution in [1.29, 1.82) is 0 Å². The quantitative estimate of drug-likeness (QED) is 0.166. The maximum absolute atomic E-state index is 15.1. The molecule has 1 nitrogen and oxygen atoms in total. The summed E-state index contributed by atoms with van der Waals surface area (Å²) < 4.78 is 50.8. The van der Waals surface area contributed by atoms with E-state index in [4.69, 9.17) is 4.74 Å².